The predicted octanol–water partition coefficient (Wildman–Crippen LogP) is 5.21. The molecule has 4 fully saturated rings. The Kier molecular flexibility index (Phi) is 13.9. The van der Waals surface area contributed by atoms with Crippen molar-refractivity contribution in [2.75, 3.05) is 39.3 Å². The monoisotopic (exact) mass is 618 g/mol. The summed E-state index contributed by atoms with van der Waals surface area (Å²) in [5, 5.41) is 26.0. The van der Waals surface area contributed by atoms with Crippen LogP contribution in [0.2, 0.25) is 0 Å². The number of hydrogen-bond acceptors (Lipinski definition) is 6. The lowest BCUT2D eigenvalue weighted by Gasteiger charge is -2.62. The molecule has 7 heteroatoms. The molecule has 256 valence electrons. The Balaban J connectivity index is 1.20. The molecule has 0 heterocycles. The van der Waals surface area contributed by atoms with Crippen LogP contribution in [0.3, 0.4) is 0 Å². The van der Waals surface area contributed by atoms with E-state index in [0.29, 0.717) is 41.5 Å². The highest BCUT2D eigenvalue weighted by molar-refractivity contribution is 5.76. The molecule has 0 radical (unpaired) electrons. The van der Waals surface area contributed by atoms with E-state index in [1.165, 1.54) is 64.2 Å². The Hall–Kier alpha value is -0.730. The van der Waals surface area contributed by atoms with Crippen LogP contribution in [0.25, 0.3) is 0 Å². The van der Waals surface area contributed by atoms with Crippen molar-refractivity contribution in [1.29, 1.82) is 0 Å². The van der Waals surface area contributed by atoms with Crippen molar-refractivity contribution in [3.8, 4) is 0 Å². The van der Waals surface area contributed by atoms with Gasteiger partial charge in [0.1, 0.15) is 0 Å². The molecule has 0 aromatic heterocycles. The lowest BCUT2D eigenvalue weighted by Crippen LogP contribution is -2.59. The van der Waals surface area contributed by atoms with Gasteiger partial charge in [-0.1, -0.05) is 20.8 Å². The first-order chi connectivity index (χ1) is 21.1. The van der Waals surface area contributed by atoms with Crippen molar-refractivity contribution in [1.82, 2.24) is 21.3 Å². The first-order valence-electron chi connectivity index (χ1n) is 18.9. The summed E-state index contributed by atoms with van der Waals surface area (Å²) in [5.74, 6) is 4.05. The first-order valence-corrected chi connectivity index (χ1v) is 18.9. The Morgan fingerprint density at radius 2 is 1.57 bits per heavy atom. The third-order valence-corrected chi connectivity index (χ3v) is 13.3. The first kappa shape index (κ1) is 36.1. The zero-order chi connectivity index (χ0) is 31.7. The highest BCUT2D eigenvalue weighted by Gasteiger charge is 2.63. The predicted molar refractivity (Wildman–Crippen MR) is 183 cm³/mol. The third kappa shape index (κ3) is 8.59. The van der Waals surface area contributed by atoms with Gasteiger partial charge in [-0.2, -0.15) is 0 Å². The van der Waals surface area contributed by atoms with Crippen molar-refractivity contribution in [3.63, 3.8) is 0 Å². The molecule has 4 rings (SSSR count). The molecule has 0 spiro atoms. The van der Waals surface area contributed by atoms with E-state index in [1.54, 1.807) is 0 Å². The zero-order valence-corrected chi connectivity index (χ0v) is 29.3. The van der Waals surface area contributed by atoms with Gasteiger partial charge < -0.3 is 32.1 Å². The van der Waals surface area contributed by atoms with Crippen LogP contribution in [0, 0.1) is 46.3 Å². The van der Waals surface area contributed by atoms with E-state index >= 15 is 0 Å². The number of rotatable bonds is 18. The van der Waals surface area contributed by atoms with Crippen molar-refractivity contribution in [2.24, 2.45) is 52.1 Å². The van der Waals surface area contributed by atoms with Gasteiger partial charge in [-0.15, -0.1) is 0 Å². The molecule has 0 aromatic carbocycles. The molecule has 0 aromatic rings. The summed E-state index contributed by atoms with van der Waals surface area (Å²) in [6, 6.07) is 0.862. The van der Waals surface area contributed by atoms with Crippen LogP contribution in [0.4, 0.5) is 0 Å². The van der Waals surface area contributed by atoms with Gasteiger partial charge in [0.25, 0.3) is 0 Å². The van der Waals surface area contributed by atoms with Gasteiger partial charge in [0.15, 0.2) is 0 Å². The fraction of sp³-hybridized carbons (Fsp3) is 0.973. The summed E-state index contributed by atoms with van der Waals surface area (Å²) in [6.45, 7) is 17.7. The van der Waals surface area contributed by atoms with E-state index in [2.05, 4.69) is 42.0 Å². The number of carbonyl (C=O) groups excluding carboxylic acids is 1. The van der Waals surface area contributed by atoms with Crippen LogP contribution in [0.5, 0.6) is 0 Å². The zero-order valence-electron chi connectivity index (χ0n) is 29.3. The van der Waals surface area contributed by atoms with Crippen LogP contribution >= 0.6 is 0 Å². The lowest BCUT2D eigenvalue weighted by molar-refractivity contribution is -0.169. The summed E-state index contributed by atoms with van der Waals surface area (Å²) in [7, 11) is 0. The van der Waals surface area contributed by atoms with Crippen LogP contribution in [-0.2, 0) is 4.79 Å². The second-order valence-corrected chi connectivity index (χ2v) is 16.3. The largest absolute Gasteiger partial charge is 0.393 e. The summed E-state index contributed by atoms with van der Waals surface area (Å²) in [4.78, 5) is 12.4. The van der Waals surface area contributed by atoms with Gasteiger partial charge in [-0.3, -0.25) is 4.79 Å². The number of hydrogen-bond donors (Lipinski definition) is 6. The minimum absolute atomic E-state index is 0.00640. The second kappa shape index (κ2) is 16.9. The normalized spacial score (nSPS) is 37.3. The maximum absolute atomic E-state index is 12.4. The SMILES string of the molecule is CC(C)NC(=O)CC[C@@H](C)C1CCC2C3CCC4C[C@@H](NCCCNCCCCNCCCN)CC[C@]4(C)C3C[C@H](O)[C@@]21C. The van der Waals surface area contributed by atoms with Crippen molar-refractivity contribution in [2.45, 2.75) is 143 Å². The average Bonchev–Trinajstić information content (AvgIpc) is 3.35. The summed E-state index contributed by atoms with van der Waals surface area (Å²) in [5.41, 5.74) is 5.92. The van der Waals surface area contributed by atoms with Crippen LogP contribution in [-0.4, -0.2) is 68.5 Å². The molecule has 7 nitrogen and oxygen atoms in total. The highest BCUT2D eigenvalue weighted by atomic mass is 16.3. The molecule has 0 saturated heterocycles. The molecular weight excluding hydrogens is 546 g/mol. The molecule has 1 amide bonds. The minimum Gasteiger partial charge on any atom is -0.393 e. The molecule has 10 atom stereocenters. The number of amides is 1. The minimum atomic E-state index is -0.209. The van der Waals surface area contributed by atoms with Gasteiger partial charge in [0.2, 0.25) is 5.91 Å². The summed E-state index contributed by atoms with van der Waals surface area (Å²) in [6.07, 6.45) is 16.2. The average molecular weight is 618 g/mol. The van der Waals surface area contributed by atoms with Crippen LogP contribution < -0.4 is 27.0 Å². The Morgan fingerprint density at radius 3 is 2.27 bits per heavy atom. The quantitative estimate of drug-likeness (QED) is 0.118. The molecule has 4 aliphatic carbocycles. The molecular formula is C37H71N5O2. The van der Waals surface area contributed by atoms with Gasteiger partial charge in [-0.25, -0.2) is 0 Å². The van der Waals surface area contributed by atoms with E-state index in [9.17, 15) is 9.90 Å². The van der Waals surface area contributed by atoms with Crippen molar-refractivity contribution >= 4 is 5.91 Å². The number of aliphatic hydroxyl groups is 1. The number of carbonyl (C=O) groups is 1. The number of unbranched alkanes of at least 4 members (excludes halogenated alkanes) is 1. The standard InChI is InChI=1S/C37H71N5O2/c1-26(2)42-35(44)15-10-27(3)31-13-14-32-30-12-11-28-24-29(16-17-36(28,4)33(30)25-34(43)37(31,32)5)41-23-9-22-40-20-7-6-19-39-21-8-18-38/h26-34,39-41,43H,6-25,38H2,1-5H3,(H,42,44)/t27-,28?,29+,30?,31?,32?,33?,34+,36+,37-/m1/s1. The number of fused-ring (bicyclic) bond motifs is 5. The maximum atomic E-state index is 12.4. The van der Waals surface area contributed by atoms with E-state index < -0.39 is 0 Å². The number of aliphatic hydroxyl groups excluding tert-OH is 1. The van der Waals surface area contributed by atoms with Crippen LogP contribution in [0.15, 0.2) is 0 Å². The van der Waals surface area contributed by atoms with Crippen molar-refractivity contribution in [3.05, 3.63) is 0 Å². The summed E-state index contributed by atoms with van der Waals surface area (Å²) >= 11 is 0. The Morgan fingerprint density at radius 1 is 0.864 bits per heavy atom. The maximum Gasteiger partial charge on any atom is 0.220 e. The molecule has 44 heavy (non-hydrogen) atoms. The van der Waals surface area contributed by atoms with E-state index in [1.807, 2.05) is 13.8 Å². The number of nitrogens with one attached hydrogen (secondary N) is 4. The summed E-state index contributed by atoms with van der Waals surface area (Å²) < 4.78 is 0. The van der Waals surface area contributed by atoms with Gasteiger partial charge in [0, 0.05) is 18.5 Å². The lowest BCUT2D eigenvalue weighted by atomic mass is 9.43. The Bertz CT molecular complexity index is 871. The second-order valence-electron chi connectivity index (χ2n) is 16.3. The van der Waals surface area contributed by atoms with E-state index in [0.717, 1.165) is 70.4 Å². The topological polar surface area (TPSA) is 111 Å². The van der Waals surface area contributed by atoms with Gasteiger partial charge in [0.05, 0.1) is 6.10 Å². The van der Waals surface area contributed by atoms with E-state index in [-0.39, 0.29) is 23.5 Å². The van der Waals surface area contributed by atoms with Gasteiger partial charge in [-0.05, 0) is 183 Å². The number of nitrogens with two attached hydrogens (primary N) is 1. The molecule has 4 aliphatic rings. The molecule has 5 unspecified atom stereocenters. The molecule has 7 N–H and O–H groups in total. The molecule has 0 aliphatic heterocycles. The molecule has 4 saturated carbocycles. The van der Waals surface area contributed by atoms with Crippen LogP contribution in [0.1, 0.15) is 125 Å². The Labute approximate surface area is 270 Å². The third-order valence-electron chi connectivity index (χ3n) is 13.3. The fourth-order valence-corrected chi connectivity index (χ4v) is 10.8. The fourth-order valence-electron chi connectivity index (χ4n) is 10.8. The van der Waals surface area contributed by atoms with Gasteiger partial charge >= 0.3 is 0 Å². The van der Waals surface area contributed by atoms with E-state index in [4.69, 9.17) is 5.73 Å². The van der Waals surface area contributed by atoms with Crippen molar-refractivity contribution < 1.29 is 9.90 Å². The smallest absolute Gasteiger partial charge is 0.220 e. The highest BCUT2D eigenvalue weighted by Crippen LogP contribution is 2.68. The molecule has 0 bridgehead atoms.